The maximum Gasteiger partial charge on any atom is 0.494 e. The van der Waals surface area contributed by atoms with Gasteiger partial charge in [-0.15, -0.1) is 0 Å². The molecular formula is C28H40BN3O3. The number of hydrogen-bond donors (Lipinski definition) is 1. The molecule has 6 nitrogen and oxygen atoms in total. The van der Waals surface area contributed by atoms with Crippen molar-refractivity contribution in [2.24, 2.45) is 11.8 Å². The first kappa shape index (κ1) is 22.8. The van der Waals surface area contributed by atoms with E-state index in [4.69, 9.17) is 9.31 Å². The van der Waals surface area contributed by atoms with Crippen LogP contribution in [0.2, 0.25) is 0 Å². The second-order valence-corrected chi connectivity index (χ2v) is 13.3. The molecule has 3 saturated heterocycles. The third-order valence-electron chi connectivity index (χ3n) is 10.8. The van der Waals surface area contributed by atoms with Crippen LogP contribution in [0.25, 0.3) is 0 Å². The van der Waals surface area contributed by atoms with Gasteiger partial charge in [-0.3, -0.25) is 9.69 Å². The van der Waals surface area contributed by atoms with Crippen LogP contribution in [0.3, 0.4) is 0 Å². The molecule has 4 heterocycles. The second-order valence-electron chi connectivity index (χ2n) is 13.3. The standard InChI is InChI=1S/C28H40BN3O3/c1-17-16-31(23-15-21(17)23)19-13-20(14-19)32-24-12-18(29-34-26(2,3)27(4,5)35-29)6-7-22(24)28(25(32)33)8-10-30-11-9-28/h6-7,12,17,19-21,23,30H,8-11,13-16H2,1-5H3/t17-,19?,20?,21?,23+/m0/s1. The highest BCUT2D eigenvalue weighted by Crippen LogP contribution is 2.54. The molecule has 2 saturated carbocycles. The van der Waals surface area contributed by atoms with E-state index >= 15 is 0 Å². The monoisotopic (exact) mass is 477 g/mol. The van der Waals surface area contributed by atoms with Crippen LogP contribution in [0.5, 0.6) is 0 Å². The molecule has 1 aromatic carbocycles. The van der Waals surface area contributed by atoms with Gasteiger partial charge >= 0.3 is 7.12 Å². The zero-order valence-electron chi connectivity index (χ0n) is 22.0. The summed E-state index contributed by atoms with van der Waals surface area (Å²) in [5, 5.41) is 3.47. The molecule has 1 amide bonds. The molecule has 5 fully saturated rings. The molecular weight excluding hydrogens is 437 g/mol. The van der Waals surface area contributed by atoms with Gasteiger partial charge in [0.15, 0.2) is 0 Å². The van der Waals surface area contributed by atoms with Gasteiger partial charge in [-0.1, -0.05) is 19.1 Å². The summed E-state index contributed by atoms with van der Waals surface area (Å²) < 4.78 is 12.8. The molecule has 0 aromatic heterocycles. The predicted molar refractivity (Wildman–Crippen MR) is 138 cm³/mol. The smallest absolute Gasteiger partial charge is 0.399 e. The molecule has 3 atom stereocenters. The zero-order valence-corrected chi connectivity index (χ0v) is 22.0. The lowest BCUT2D eigenvalue weighted by Gasteiger charge is -2.47. The van der Waals surface area contributed by atoms with Crippen molar-refractivity contribution >= 4 is 24.2 Å². The van der Waals surface area contributed by atoms with Crippen LogP contribution in [-0.2, 0) is 19.5 Å². The number of piperidine rings is 2. The summed E-state index contributed by atoms with van der Waals surface area (Å²) in [7, 11) is -0.404. The summed E-state index contributed by atoms with van der Waals surface area (Å²) in [5.74, 6) is 2.11. The minimum absolute atomic E-state index is 0.308. The first-order valence-corrected chi connectivity index (χ1v) is 13.9. The van der Waals surface area contributed by atoms with Crippen molar-refractivity contribution in [2.75, 3.05) is 24.5 Å². The molecule has 1 N–H and O–H groups in total. The minimum Gasteiger partial charge on any atom is -0.399 e. The lowest BCUT2D eigenvalue weighted by Crippen LogP contribution is -2.57. The van der Waals surface area contributed by atoms with Crippen LogP contribution >= 0.6 is 0 Å². The summed E-state index contributed by atoms with van der Waals surface area (Å²) in [6.45, 7) is 13.9. The molecule has 1 unspecified atom stereocenters. The van der Waals surface area contributed by atoms with Gasteiger partial charge in [-0.25, -0.2) is 0 Å². The molecule has 1 aromatic rings. The van der Waals surface area contributed by atoms with Crippen molar-refractivity contribution in [3.05, 3.63) is 23.8 Å². The number of rotatable bonds is 3. The van der Waals surface area contributed by atoms with E-state index in [0.717, 1.165) is 67.8 Å². The summed E-state index contributed by atoms with van der Waals surface area (Å²) in [4.78, 5) is 19.2. The summed E-state index contributed by atoms with van der Waals surface area (Å²) in [5.41, 5.74) is 2.24. The molecule has 7 rings (SSSR count). The molecule has 0 bridgehead atoms. The lowest BCUT2D eigenvalue weighted by atomic mass is 9.72. The number of hydrogen-bond acceptors (Lipinski definition) is 5. The molecule has 6 aliphatic rings. The van der Waals surface area contributed by atoms with E-state index in [9.17, 15) is 4.79 Å². The topological polar surface area (TPSA) is 54.0 Å². The van der Waals surface area contributed by atoms with E-state index in [-0.39, 0.29) is 16.6 Å². The summed E-state index contributed by atoms with van der Waals surface area (Å²) in [6, 6.07) is 8.35. The van der Waals surface area contributed by atoms with Crippen molar-refractivity contribution in [1.29, 1.82) is 0 Å². The Morgan fingerprint density at radius 3 is 2.29 bits per heavy atom. The van der Waals surface area contributed by atoms with Gasteiger partial charge in [0.25, 0.3) is 0 Å². The molecule has 35 heavy (non-hydrogen) atoms. The SMILES string of the molecule is C[C@H]1CN(C2CC(N3C(=O)C4(CCNCC4)c4ccc(B5OC(C)(C)C(C)(C)O5)cc43)C2)[C@@H]2CC21. The van der Waals surface area contributed by atoms with Crippen LogP contribution < -0.4 is 15.7 Å². The highest BCUT2D eigenvalue weighted by atomic mass is 16.7. The Hall–Kier alpha value is -1.41. The van der Waals surface area contributed by atoms with Gasteiger partial charge in [0.05, 0.1) is 16.6 Å². The molecule has 7 heteroatoms. The summed E-state index contributed by atoms with van der Waals surface area (Å²) in [6.07, 6.45) is 5.37. The van der Waals surface area contributed by atoms with Crippen LogP contribution in [0, 0.1) is 11.8 Å². The van der Waals surface area contributed by atoms with Gasteiger partial charge in [0.2, 0.25) is 5.91 Å². The highest BCUT2D eigenvalue weighted by Gasteiger charge is 2.59. The molecule has 2 aliphatic carbocycles. The Morgan fingerprint density at radius 2 is 1.69 bits per heavy atom. The van der Waals surface area contributed by atoms with E-state index in [2.05, 4.69) is 67.9 Å². The van der Waals surface area contributed by atoms with Crippen LogP contribution in [0.15, 0.2) is 18.2 Å². The average Bonchev–Trinajstić information content (AvgIpc) is 3.43. The number of likely N-dealkylation sites (tertiary alicyclic amines) is 1. The number of anilines is 1. The Morgan fingerprint density at radius 1 is 1.00 bits per heavy atom. The molecule has 1 spiro atoms. The number of fused-ring (bicyclic) bond motifs is 3. The lowest BCUT2D eigenvalue weighted by molar-refractivity contribution is -0.125. The first-order chi connectivity index (χ1) is 16.6. The average molecular weight is 477 g/mol. The zero-order chi connectivity index (χ0) is 24.3. The normalized spacial score (nSPS) is 38.5. The minimum atomic E-state index is -0.404. The van der Waals surface area contributed by atoms with Gasteiger partial charge in [-0.05, 0) is 102 Å². The third-order valence-corrected chi connectivity index (χ3v) is 10.8. The largest absolute Gasteiger partial charge is 0.494 e. The number of carbonyl (C=O) groups is 1. The van der Waals surface area contributed by atoms with Crippen LogP contribution in [-0.4, -0.2) is 66.9 Å². The number of nitrogens with one attached hydrogen (secondary N) is 1. The fourth-order valence-electron chi connectivity index (χ4n) is 7.69. The van der Waals surface area contributed by atoms with E-state index in [1.165, 1.54) is 18.5 Å². The van der Waals surface area contributed by atoms with E-state index in [0.29, 0.717) is 18.0 Å². The Kier molecular flexibility index (Phi) is 4.77. The summed E-state index contributed by atoms with van der Waals surface area (Å²) >= 11 is 0. The van der Waals surface area contributed by atoms with E-state index < -0.39 is 7.12 Å². The third kappa shape index (κ3) is 3.14. The van der Waals surface area contributed by atoms with Crippen LogP contribution in [0.4, 0.5) is 5.69 Å². The van der Waals surface area contributed by atoms with Crippen molar-refractivity contribution < 1.29 is 14.1 Å². The predicted octanol–water partition coefficient (Wildman–Crippen LogP) is 2.82. The maximum absolute atomic E-state index is 14.2. The van der Waals surface area contributed by atoms with Crippen molar-refractivity contribution in [1.82, 2.24) is 10.2 Å². The molecule has 4 aliphatic heterocycles. The van der Waals surface area contributed by atoms with Crippen molar-refractivity contribution in [3.63, 3.8) is 0 Å². The van der Waals surface area contributed by atoms with Gasteiger partial charge < -0.3 is 19.5 Å². The van der Waals surface area contributed by atoms with E-state index in [1.807, 2.05) is 0 Å². The Labute approximate surface area is 210 Å². The Bertz CT molecular complexity index is 1050. The quantitative estimate of drug-likeness (QED) is 0.679. The van der Waals surface area contributed by atoms with Crippen LogP contribution in [0.1, 0.15) is 72.3 Å². The number of carbonyl (C=O) groups excluding carboxylic acids is 1. The molecule has 0 radical (unpaired) electrons. The number of nitrogens with zero attached hydrogens (tertiary/aromatic N) is 2. The fraction of sp³-hybridized carbons (Fsp3) is 0.750. The van der Waals surface area contributed by atoms with E-state index in [1.54, 1.807) is 0 Å². The van der Waals surface area contributed by atoms with Gasteiger partial charge in [-0.2, -0.15) is 0 Å². The molecule has 188 valence electrons. The van der Waals surface area contributed by atoms with Crippen molar-refractivity contribution in [2.45, 2.75) is 101 Å². The Balaban J connectivity index is 1.19. The van der Waals surface area contributed by atoms with Gasteiger partial charge in [0.1, 0.15) is 0 Å². The fourth-order valence-corrected chi connectivity index (χ4v) is 7.69. The van der Waals surface area contributed by atoms with Crippen molar-refractivity contribution in [3.8, 4) is 0 Å². The second kappa shape index (κ2) is 7.34. The number of benzene rings is 1. The van der Waals surface area contributed by atoms with Gasteiger partial charge in [0, 0.05) is 30.4 Å². The number of amides is 1. The first-order valence-electron chi connectivity index (χ1n) is 13.9. The highest BCUT2D eigenvalue weighted by molar-refractivity contribution is 6.62. The maximum atomic E-state index is 14.2.